The second kappa shape index (κ2) is 8.40. The van der Waals surface area contributed by atoms with Crippen molar-refractivity contribution in [3.05, 3.63) is 101 Å². The number of carbonyl (C=O) groups is 1. The molecule has 31 heavy (non-hydrogen) atoms. The number of fused-ring (bicyclic) bond motifs is 1. The predicted molar refractivity (Wildman–Crippen MR) is 124 cm³/mol. The molecule has 4 aromatic rings. The zero-order valence-corrected chi connectivity index (χ0v) is 17.7. The predicted octanol–water partition coefficient (Wildman–Crippen LogP) is 6.20. The summed E-state index contributed by atoms with van der Waals surface area (Å²) in [5.74, 6) is -0.0443. The van der Waals surface area contributed by atoms with Gasteiger partial charge in [-0.2, -0.15) is 5.10 Å². The van der Waals surface area contributed by atoms with E-state index in [9.17, 15) is 4.79 Å². The highest BCUT2D eigenvalue weighted by molar-refractivity contribution is 6.30. The van der Waals surface area contributed by atoms with E-state index >= 15 is 0 Å². The molecule has 0 saturated heterocycles. The van der Waals surface area contributed by atoms with Crippen molar-refractivity contribution < 1.29 is 4.79 Å². The van der Waals surface area contributed by atoms with E-state index in [-0.39, 0.29) is 11.9 Å². The highest BCUT2D eigenvalue weighted by Crippen LogP contribution is 2.30. The third-order valence-electron chi connectivity index (χ3n) is 5.85. The molecule has 5 rings (SSSR count). The Labute approximate surface area is 186 Å². The third kappa shape index (κ3) is 4.12. The van der Waals surface area contributed by atoms with Crippen molar-refractivity contribution in [3.8, 4) is 22.5 Å². The molecule has 1 aliphatic rings. The third-order valence-corrected chi connectivity index (χ3v) is 6.10. The van der Waals surface area contributed by atoms with E-state index in [4.69, 9.17) is 11.6 Å². The lowest BCUT2D eigenvalue weighted by Gasteiger charge is -2.26. The first-order valence-electron chi connectivity index (χ1n) is 10.5. The van der Waals surface area contributed by atoms with Crippen LogP contribution in [0.4, 0.5) is 0 Å². The molecule has 2 N–H and O–H groups in total. The Bertz CT molecular complexity index is 1210. The molecule has 1 aromatic heterocycles. The summed E-state index contributed by atoms with van der Waals surface area (Å²) >= 11 is 5.97. The van der Waals surface area contributed by atoms with Gasteiger partial charge in [0.2, 0.25) is 0 Å². The Kier molecular flexibility index (Phi) is 5.31. The molecule has 1 atom stereocenters. The second-order valence-corrected chi connectivity index (χ2v) is 8.30. The summed E-state index contributed by atoms with van der Waals surface area (Å²) in [7, 11) is 0. The quantitative estimate of drug-likeness (QED) is 0.407. The van der Waals surface area contributed by atoms with E-state index in [1.165, 1.54) is 11.1 Å². The van der Waals surface area contributed by atoms with Crippen molar-refractivity contribution in [2.45, 2.75) is 25.3 Å². The molecule has 4 nitrogen and oxygen atoms in total. The number of amides is 1. The van der Waals surface area contributed by atoms with Crippen LogP contribution in [-0.4, -0.2) is 16.1 Å². The fraction of sp³-hybridized carbons (Fsp3) is 0.154. The lowest BCUT2D eigenvalue weighted by molar-refractivity contribution is 0.0933. The maximum atomic E-state index is 12.8. The first kappa shape index (κ1) is 19.6. The Morgan fingerprint density at radius 2 is 1.71 bits per heavy atom. The topological polar surface area (TPSA) is 57.8 Å². The number of nitrogens with zero attached hydrogens (tertiary/aromatic N) is 1. The highest BCUT2D eigenvalue weighted by Gasteiger charge is 2.21. The number of H-pyrrole nitrogens is 1. The normalized spacial score (nSPS) is 15.3. The van der Waals surface area contributed by atoms with Crippen LogP contribution >= 0.6 is 11.6 Å². The van der Waals surface area contributed by atoms with Gasteiger partial charge in [-0.3, -0.25) is 9.89 Å². The summed E-state index contributed by atoms with van der Waals surface area (Å²) in [4.78, 5) is 12.8. The van der Waals surface area contributed by atoms with Gasteiger partial charge in [-0.1, -0.05) is 60.1 Å². The van der Waals surface area contributed by atoms with Gasteiger partial charge in [0.15, 0.2) is 0 Å². The Balaban J connectivity index is 1.30. The molecular formula is C26H22ClN3O. The van der Waals surface area contributed by atoms with Gasteiger partial charge >= 0.3 is 0 Å². The number of benzene rings is 3. The van der Waals surface area contributed by atoms with Gasteiger partial charge in [0, 0.05) is 16.1 Å². The number of rotatable bonds is 4. The molecule has 0 fully saturated rings. The molecule has 0 radical (unpaired) electrons. The van der Waals surface area contributed by atoms with E-state index in [0.29, 0.717) is 10.6 Å². The fourth-order valence-electron chi connectivity index (χ4n) is 4.18. The summed E-state index contributed by atoms with van der Waals surface area (Å²) in [5, 5.41) is 11.4. The van der Waals surface area contributed by atoms with E-state index in [1.54, 1.807) is 0 Å². The first-order valence-corrected chi connectivity index (χ1v) is 10.9. The number of aromatic nitrogens is 2. The Morgan fingerprint density at radius 3 is 2.52 bits per heavy atom. The molecule has 1 heterocycles. The van der Waals surface area contributed by atoms with Crippen LogP contribution in [0.2, 0.25) is 5.02 Å². The number of halogens is 1. The van der Waals surface area contributed by atoms with Gasteiger partial charge in [-0.15, -0.1) is 0 Å². The van der Waals surface area contributed by atoms with Gasteiger partial charge in [0.05, 0.1) is 17.4 Å². The summed E-state index contributed by atoms with van der Waals surface area (Å²) < 4.78 is 0. The van der Waals surface area contributed by atoms with Crippen LogP contribution in [0.5, 0.6) is 0 Å². The molecule has 0 bridgehead atoms. The Morgan fingerprint density at radius 1 is 0.968 bits per heavy atom. The molecular weight excluding hydrogens is 406 g/mol. The number of carbonyl (C=O) groups excluding carboxylic acids is 1. The average Bonchev–Trinajstić information content (AvgIpc) is 3.30. The summed E-state index contributed by atoms with van der Waals surface area (Å²) in [6.07, 6.45) is 3.15. The van der Waals surface area contributed by atoms with Gasteiger partial charge in [0.1, 0.15) is 0 Å². The fourth-order valence-corrected chi connectivity index (χ4v) is 4.31. The highest BCUT2D eigenvalue weighted by atomic mass is 35.5. The smallest absolute Gasteiger partial charge is 0.251 e. The second-order valence-electron chi connectivity index (χ2n) is 7.87. The van der Waals surface area contributed by atoms with Crippen LogP contribution in [0.3, 0.4) is 0 Å². The molecule has 1 amide bonds. The number of hydrogen-bond acceptors (Lipinski definition) is 2. The van der Waals surface area contributed by atoms with Crippen molar-refractivity contribution in [1.82, 2.24) is 15.5 Å². The monoisotopic (exact) mass is 427 g/mol. The van der Waals surface area contributed by atoms with Crippen molar-refractivity contribution in [2.24, 2.45) is 0 Å². The van der Waals surface area contributed by atoms with Gasteiger partial charge in [-0.25, -0.2) is 0 Å². The van der Waals surface area contributed by atoms with Crippen molar-refractivity contribution in [2.75, 3.05) is 0 Å². The van der Waals surface area contributed by atoms with Crippen LogP contribution in [0.25, 0.3) is 22.5 Å². The molecule has 154 valence electrons. The maximum absolute atomic E-state index is 12.8. The summed E-state index contributed by atoms with van der Waals surface area (Å²) in [5.41, 5.74) is 6.96. The standard InChI is InChI=1S/C26H22ClN3O/c27-21-14-12-19(13-15-21)25-16-24(29-30-25)18-8-10-20(11-9-18)26(31)28-23-7-3-5-17-4-1-2-6-22(17)23/h1-2,4,6,8-16,23H,3,5,7H2,(H,28,31)(H,29,30). The van der Waals surface area contributed by atoms with Crippen molar-refractivity contribution >= 4 is 17.5 Å². The van der Waals surface area contributed by atoms with E-state index in [1.807, 2.05) is 60.7 Å². The SMILES string of the molecule is O=C(NC1CCCc2ccccc21)c1ccc(-c2cc(-c3ccc(Cl)cc3)[nH]n2)cc1. The lowest BCUT2D eigenvalue weighted by Crippen LogP contribution is -2.30. The lowest BCUT2D eigenvalue weighted by atomic mass is 9.87. The minimum absolute atomic E-state index is 0.0443. The zero-order chi connectivity index (χ0) is 21.2. The Hall–Kier alpha value is -3.37. The minimum atomic E-state index is -0.0443. The summed E-state index contributed by atoms with van der Waals surface area (Å²) in [6.45, 7) is 0. The van der Waals surface area contributed by atoms with Crippen LogP contribution in [0.1, 0.15) is 40.4 Å². The molecule has 0 saturated carbocycles. The molecule has 0 spiro atoms. The van der Waals surface area contributed by atoms with Gasteiger partial charge in [-0.05, 0) is 66.3 Å². The largest absolute Gasteiger partial charge is 0.345 e. The van der Waals surface area contributed by atoms with Crippen LogP contribution in [0.15, 0.2) is 78.9 Å². The number of aryl methyl sites for hydroxylation is 1. The van der Waals surface area contributed by atoms with Crippen LogP contribution < -0.4 is 5.32 Å². The van der Waals surface area contributed by atoms with Crippen LogP contribution in [-0.2, 0) is 6.42 Å². The van der Waals surface area contributed by atoms with Crippen LogP contribution in [0, 0.1) is 0 Å². The first-order chi connectivity index (χ1) is 15.2. The molecule has 1 unspecified atom stereocenters. The number of nitrogens with one attached hydrogen (secondary N) is 2. The maximum Gasteiger partial charge on any atom is 0.251 e. The van der Waals surface area contributed by atoms with Gasteiger partial charge in [0.25, 0.3) is 5.91 Å². The number of aromatic amines is 1. The van der Waals surface area contributed by atoms with Gasteiger partial charge < -0.3 is 5.32 Å². The average molecular weight is 428 g/mol. The molecule has 3 aromatic carbocycles. The summed E-state index contributed by atoms with van der Waals surface area (Å²) in [6, 6.07) is 25.7. The minimum Gasteiger partial charge on any atom is -0.345 e. The molecule has 1 aliphatic carbocycles. The molecule has 0 aliphatic heterocycles. The van der Waals surface area contributed by atoms with Crippen molar-refractivity contribution in [3.63, 3.8) is 0 Å². The number of hydrogen-bond donors (Lipinski definition) is 2. The van der Waals surface area contributed by atoms with E-state index in [2.05, 4.69) is 33.7 Å². The van der Waals surface area contributed by atoms with E-state index < -0.39 is 0 Å². The zero-order valence-electron chi connectivity index (χ0n) is 16.9. The van der Waals surface area contributed by atoms with Crippen molar-refractivity contribution in [1.29, 1.82) is 0 Å². The molecule has 5 heteroatoms. The van der Waals surface area contributed by atoms with E-state index in [0.717, 1.165) is 41.8 Å².